The van der Waals surface area contributed by atoms with Gasteiger partial charge in [0.15, 0.2) is 5.01 Å². The lowest BCUT2D eigenvalue weighted by Gasteiger charge is -2.08. The zero-order chi connectivity index (χ0) is 11.7. The van der Waals surface area contributed by atoms with Crippen LogP contribution in [0.25, 0.3) is 10.2 Å². The summed E-state index contributed by atoms with van der Waals surface area (Å²) < 4.78 is 1.06. The van der Waals surface area contributed by atoms with E-state index in [9.17, 15) is 4.79 Å². The van der Waals surface area contributed by atoms with Crippen LogP contribution in [0.4, 0.5) is 0 Å². The molecule has 1 aromatic heterocycles. The number of rotatable bonds is 2. The van der Waals surface area contributed by atoms with Crippen molar-refractivity contribution in [3.63, 3.8) is 0 Å². The standard InChI is InChI=1S/C12H13N3OS/c16-11(14-8-5-6-13-7-8)12-15-9-3-1-2-4-10(9)17-12/h1-4,8,13H,5-7H2,(H,14,16)/t8-/m0/s1. The van der Waals surface area contributed by atoms with E-state index < -0.39 is 0 Å². The summed E-state index contributed by atoms with van der Waals surface area (Å²) in [6.45, 7) is 1.83. The Labute approximate surface area is 103 Å². The average Bonchev–Trinajstić information content (AvgIpc) is 2.96. The first kappa shape index (κ1) is 10.7. The summed E-state index contributed by atoms with van der Waals surface area (Å²) in [4.78, 5) is 16.3. The van der Waals surface area contributed by atoms with Gasteiger partial charge >= 0.3 is 0 Å². The van der Waals surface area contributed by atoms with Gasteiger partial charge in [-0.2, -0.15) is 0 Å². The number of fused-ring (bicyclic) bond motifs is 1. The van der Waals surface area contributed by atoms with Gasteiger partial charge in [0.1, 0.15) is 0 Å². The second kappa shape index (κ2) is 4.43. The summed E-state index contributed by atoms with van der Waals surface area (Å²) in [5.41, 5.74) is 0.896. The predicted molar refractivity (Wildman–Crippen MR) is 68.4 cm³/mol. The van der Waals surface area contributed by atoms with Gasteiger partial charge in [-0.15, -0.1) is 11.3 Å². The van der Waals surface area contributed by atoms with E-state index >= 15 is 0 Å². The Morgan fingerprint density at radius 3 is 3.12 bits per heavy atom. The number of carbonyl (C=O) groups is 1. The molecule has 1 aliphatic rings. The maximum atomic E-state index is 12.0. The van der Waals surface area contributed by atoms with Crippen molar-refractivity contribution in [2.24, 2.45) is 0 Å². The molecule has 2 N–H and O–H groups in total. The topological polar surface area (TPSA) is 54.0 Å². The summed E-state index contributed by atoms with van der Waals surface area (Å²) in [6, 6.07) is 8.06. The monoisotopic (exact) mass is 247 g/mol. The van der Waals surface area contributed by atoms with Crippen LogP contribution in [-0.4, -0.2) is 30.0 Å². The van der Waals surface area contributed by atoms with Crippen LogP contribution in [0.15, 0.2) is 24.3 Å². The van der Waals surface area contributed by atoms with E-state index in [1.54, 1.807) is 0 Å². The predicted octanol–water partition coefficient (Wildman–Crippen LogP) is 1.39. The van der Waals surface area contributed by atoms with Gasteiger partial charge in [-0.05, 0) is 25.1 Å². The molecule has 1 aromatic carbocycles. The number of nitrogens with one attached hydrogen (secondary N) is 2. The largest absolute Gasteiger partial charge is 0.346 e. The van der Waals surface area contributed by atoms with Gasteiger partial charge in [0.25, 0.3) is 5.91 Å². The first-order valence-electron chi connectivity index (χ1n) is 5.70. The number of hydrogen-bond acceptors (Lipinski definition) is 4. The van der Waals surface area contributed by atoms with E-state index in [1.807, 2.05) is 24.3 Å². The molecule has 3 rings (SSSR count). The molecule has 0 unspecified atom stereocenters. The van der Waals surface area contributed by atoms with Crippen molar-refractivity contribution < 1.29 is 4.79 Å². The van der Waals surface area contributed by atoms with Crippen molar-refractivity contribution in [2.45, 2.75) is 12.5 Å². The number of hydrogen-bond donors (Lipinski definition) is 2. The maximum Gasteiger partial charge on any atom is 0.280 e. The quantitative estimate of drug-likeness (QED) is 0.843. The zero-order valence-corrected chi connectivity index (χ0v) is 10.1. The number of benzene rings is 1. The van der Waals surface area contributed by atoms with Crippen LogP contribution in [0.2, 0.25) is 0 Å². The number of nitrogens with zero attached hydrogens (tertiary/aromatic N) is 1. The third kappa shape index (κ3) is 2.16. The highest BCUT2D eigenvalue weighted by Crippen LogP contribution is 2.21. The van der Waals surface area contributed by atoms with Crippen LogP contribution in [0, 0.1) is 0 Å². The van der Waals surface area contributed by atoms with Crippen molar-refractivity contribution >= 4 is 27.5 Å². The van der Waals surface area contributed by atoms with Gasteiger partial charge < -0.3 is 10.6 Å². The number of thiazole rings is 1. The van der Waals surface area contributed by atoms with Crippen LogP contribution in [-0.2, 0) is 0 Å². The number of para-hydroxylation sites is 1. The summed E-state index contributed by atoms with van der Waals surface area (Å²) in [5.74, 6) is -0.0556. The van der Waals surface area contributed by atoms with Crippen LogP contribution >= 0.6 is 11.3 Å². The highest BCUT2D eigenvalue weighted by molar-refractivity contribution is 7.20. The Bertz CT molecular complexity index is 512. The lowest BCUT2D eigenvalue weighted by molar-refractivity contribution is 0.0940. The third-order valence-corrected chi connectivity index (χ3v) is 3.92. The molecular weight excluding hydrogens is 234 g/mol. The van der Waals surface area contributed by atoms with Crippen LogP contribution in [0.3, 0.4) is 0 Å². The second-order valence-electron chi connectivity index (χ2n) is 4.15. The van der Waals surface area contributed by atoms with Gasteiger partial charge in [0.05, 0.1) is 10.2 Å². The molecule has 0 aliphatic carbocycles. The number of carbonyl (C=O) groups excluding carboxylic acids is 1. The van der Waals surface area contributed by atoms with Crippen LogP contribution in [0.1, 0.15) is 16.2 Å². The minimum atomic E-state index is -0.0556. The van der Waals surface area contributed by atoms with E-state index in [0.717, 1.165) is 29.7 Å². The summed E-state index contributed by atoms with van der Waals surface area (Å²) in [7, 11) is 0. The fourth-order valence-electron chi connectivity index (χ4n) is 1.99. The molecule has 4 nitrogen and oxygen atoms in total. The third-order valence-electron chi connectivity index (χ3n) is 2.88. The van der Waals surface area contributed by atoms with Gasteiger partial charge in [-0.1, -0.05) is 12.1 Å². The molecule has 2 aromatic rings. The molecule has 1 amide bonds. The Morgan fingerprint density at radius 1 is 1.47 bits per heavy atom. The molecule has 2 heterocycles. The molecule has 17 heavy (non-hydrogen) atoms. The van der Waals surface area contributed by atoms with Gasteiger partial charge in [0.2, 0.25) is 0 Å². The van der Waals surface area contributed by atoms with Gasteiger partial charge in [-0.25, -0.2) is 4.98 Å². The molecule has 0 spiro atoms. The van der Waals surface area contributed by atoms with Crippen LogP contribution in [0.5, 0.6) is 0 Å². The zero-order valence-electron chi connectivity index (χ0n) is 9.27. The number of aromatic nitrogens is 1. The molecule has 5 heteroatoms. The molecule has 88 valence electrons. The highest BCUT2D eigenvalue weighted by atomic mass is 32.1. The van der Waals surface area contributed by atoms with Crippen molar-refractivity contribution in [2.75, 3.05) is 13.1 Å². The average molecular weight is 247 g/mol. The van der Waals surface area contributed by atoms with Crippen LogP contribution < -0.4 is 10.6 Å². The molecule has 1 saturated heterocycles. The van der Waals surface area contributed by atoms with Gasteiger partial charge in [0, 0.05) is 12.6 Å². The maximum absolute atomic E-state index is 12.0. The molecule has 0 saturated carbocycles. The van der Waals surface area contributed by atoms with Gasteiger partial charge in [-0.3, -0.25) is 4.79 Å². The normalized spacial score (nSPS) is 19.6. The highest BCUT2D eigenvalue weighted by Gasteiger charge is 2.19. The lowest BCUT2D eigenvalue weighted by atomic mass is 10.2. The Kier molecular flexibility index (Phi) is 2.78. The fraction of sp³-hybridized carbons (Fsp3) is 0.333. The summed E-state index contributed by atoms with van der Waals surface area (Å²) >= 11 is 1.45. The van der Waals surface area contributed by atoms with E-state index in [2.05, 4.69) is 15.6 Å². The Balaban J connectivity index is 1.80. The molecule has 1 aliphatic heterocycles. The fourth-order valence-corrected chi connectivity index (χ4v) is 2.86. The van der Waals surface area contributed by atoms with E-state index in [1.165, 1.54) is 11.3 Å². The van der Waals surface area contributed by atoms with E-state index in [-0.39, 0.29) is 11.9 Å². The molecule has 1 atom stereocenters. The Hall–Kier alpha value is -1.46. The molecule has 0 bridgehead atoms. The molecular formula is C12H13N3OS. The minimum Gasteiger partial charge on any atom is -0.346 e. The van der Waals surface area contributed by atoms with E-state index in [0.29, 0.717) is 5.01 Å². The summed E-state index contributed by atoms with van der Waals surface area (Å²) in [5, 5.41) is 6.78. The first-order valence-corrected chi connectivity index (χ1v) is 6.52. The Morgan fingerprint density at radius 2 is 2.35 bits per heavy atom. The second-order valence-corrected chi connectivity index (χ2v) is 5.18. The van der Waals surface area contributed by atoms with Crippen molar-refractivity contribution in [3.8, 4) is 0 Å². The van der Waals surface area contributed by atoms with Crippen molar-refractivity contribution in [1.82, 2.24) is 15.6 Å². The number of amides is 1. The molecule has 0 radical (unpaired) electrons. The van der Waals surface area contributed by atoms with Crippen molar-refractivity contribution in [1.29, 1.82) is 0 Å². The van der Waals surface area contributed by atoms with Crippen molar-refractivity contribution in [3.05, 3.63) is 29.3 Å². The minimum absolute atomic E-state index is 0.0556. The SMILES string of the molecule is O=C(N[C@H]1CCNC1)c1nc2ccccc2s1. The summed E-state index contributed by atoms with van der Waals surface area (Å²) in [6.07, 6.45) is 0.997. The smallest absolute Gasteiger partial charge is 0.280 e. The lowest BCUT2D eigenvalue weighted by Crippen LogP contribution is -2.36. The first-order chi connectivity index (χ1) is 8.33. The molecule has 1 fully saturated rings. The van der Waals surface area contributed by atoms with E-state index in [4.69, 9.17) is 0 Å².